The fraction of sp³-hybridized carbons (Fsp3) is 0.500. The maximum absolute atomic E-state index is 11.9. The molecule has 1 aliphatic rings. The second-order valence-corrected chi connectivity index (χ2v) is 4.94. The van der Waals surface area contributed by atoms with Crippen LogP contribution in [0.15, 0.2) is 24.3 Å². The third kappa shape index (κ3) is 2.28. The number of benzene rings is 1. The Kier molecular flexibility index (Phi) is 3.45. The van der Waals surface area contributed by atoms with Crippen LogP contribution in [-0.2, 0) is 9.53 Å². The molecular weight excluding hydrogens is 230 g/mol. The normalized spacial score (nSPS) is 26.1. The monoisotopic (exact) mass is 249 g/mol. The summed E-state index contributed by atoms with van der Waals surface area (Å²) in [4.78, 5) is 11.9. The lowest BCUT2D eigenvalue weighted by Crippen LogP contribution is -2.56. The lowest BCUT2D eigenvalue weighted by molar-refractivity contribution is -0.150. The number of esters is 1. The van der Waals surface area contributed by atoms with Crippen LogP contribution in [0.1, 0.15) is 19.8 Å². The summed E-state index contributed by atoms with van der Waals surface area (Å²) in [6.45, 7) is 2.14. The van der Waals surface area contributed by atoms with Gasteiger partial charge in [-0.2, -0.15) is 0 Å². The van der Waals surface area contributed by atoms with Crippen molar-refractivity contribution in [3.8, 4) is 5.75 Å². The number of hydrogen-bond donors (Lipinski definition) is 1. The molecule has 0 saturated heterocycles. The third-order valence-corrected chi connectivity index (χ3v) is 3.44. The molecule has 0 bridgehead atoms. The first-order chi connectivity index (χ1) is 8.59. The van der Waals surface area contributed by atoms with Gasteiger partial charge in [0.25, 0.3) is 0 Å². The number of nitrogens with one attached hydrogen (secondary N) is 1. The van der Waals surface area contributed by atoms with E-state index in [0.717, 1.165) is 24.3 Å². The predicted octanol–water partition coefficient (Wildman–Crippen LogP) is 2.45. The highest BCUT2D eigenvalue weighted by molar-refractivity contribution is 5.85. The van der Waals surface area contributed by atoms with E-state index < -0.39 is 5.54 Å². The van der Waals surface area contributed by atoms with Crippen LogP contribution in [0.25, 0.3) is 0 Å². The maximum Gasteiger partial charge on any atom is 0.331 e. The highest BCUT2D eigenvalue weighted by Gasteiger charge is 2.49. The van der Waals surface area contributed by atoms with Crippen LogP contribution < -0.4 is 10.1 Å². The van der Waals surface area contributed by atoms with E-state index >= 15 is 0 Å². The van der Waals surface area contributed by atoms with E-state index in [9.17, 15) is 4.79 Å². The van der Waals surface area contributed by atoms with Crippen molar-refractivity contribution in [2.24, 2.45) is 5.92 Å². The molecule has 0 unspecified atom stereocenters. The number of methoxy groups -OCH3 is 2. The van der Waals surface area contributed by atoms with Crippen LogP contribution in [0.5, 0.6) is 5.75 Å². The predicted molar refractivity (Wildman–Crippen MR) is 69.8 cm³/mol. The van der Waals surface area contributed by atoms with E-state index in [1.54, 1.807) is 7.11 Å². The molecule has 1 saturated carbocycles. The van der Waals surface area contributed by atoms with Crippen molar-refractivity contribution >= 4 is 11.7 Å². The highest BCUT2D eigenvalue weighted by Crippen LogP contribution is 2.41. The fourth-order valence-corrected chi connectivity index (χ4v) is 2.60. The van der Waals surface area contributed by atoms with Gasteiger partial charge in [-0.3, -0.25) is 0 Å². The van der Waals surface area contributed by atoms with Crippen LogP contribution in [0.4, 0.5) is 5.69 Å². The van der Waals surface area contributed by atoms with E-state index in [1.165, 1.54) is 7.11 Å². The first kappa shape index (κ1) is 12.7. The zero-order valence-corrected chi connectivity index (χ0v) is 11.0. The van der Waals surface area contributed by atoms with E-state index in [-0.39, 0.29) is 5.97 Å². The molecule has 1 aromatic rings. The summed E-state index contributed by atoms with van der Waals surface area (Å²) in [5.74, 6) is 1.17. The molecular formula is C14H19NO3. The molecule has 0 atom stereocenters. The first-order valence-corrected chi connectivity index (χ1v) is 6.10. The average Bonchev–Trinajstić information content (AvgIpc) is 2.36. The highest BCUT2D eigenvalue weighted by atomic mass is 16.5. The standard InChI is InChI=1S/C14H19NO3/c1-10-8-14(9-10,13(16)18-3)15-11-4-6-12(17-2)7-5-11/h4-7,10,15H,8-9H2,1-3H3. The molecule has 2 rings (SSSR count). The Labute approximate surface area is 107 Å². The average molecular weight is 249 g/mol. The van der Waals surface area contributed by atoms with Crippen LogP contribution in [0, 0.1) is 5.92 Å². The molecule has 1 N–H and O–H groups in total. The van der Waals surface area contributed by atoms with Crippen LogP contribution in [-0.4, -0.2) is 25.7 Å². The van der Waals surface area contributed by atoms with Crippen LogP contribution in [0.2, 0.25) is 0 Å². The Hall–Kier alpha value is -1.71. The van der Waals surface area contributed by atoms with Crippen molar-refractivity contribution in [2.45, 2.75) is 25.3 Å². The SMILES string of the molecule is COC(=O)C1(Nc2ccc(OC)cc2)CC(C)C1. The molecule has 0 heterocycles. The van der Waals surface area contributed by atoms with Gasteiger partial charge in [-0.25, -0.2) is 4.79 Å². The second kappa shape index (κ2) is 4.88. The summed E-state index contributed by atoms with van der Waals surface area (Å²) in [7, 11) is 3.06. The van der Waals surface area contributed by atoms with Crippen LogP contribution >= 0.6 is 0 Å². The molecule has 4 nitrogen and oxygen atoms in total. The molecule has 1 fully saturated rings. The third-order valence-electron chi connectivity index (χ3n) is 3.44. The number of rotatable bonds is 4. The van der Waals surface area contributed by atoms with Gasteiger partial charge in [0.05, 0.1) is 14.2 Å². The van der Waals surface area contributed by atoms with Gasteiger partial charge in [0.1, 0.15) is 11.3 Å². The van der Waals surface area contributed by atoms with E-state index in [4.69, 9.17) is 9.47 Å². The number of hydrogen-bond acceptors (Lipinski definition) is 4. The largest absolute Gasteiger partial charge is 0.497 e. The van der Waals surface area contributed by atoms with Gasteiger partial charge in [-0.1, -0.05) is 6.92 Å². The minimum Gasteiger partial charge on any atom is -0.497 e. The lowest BCUT2D eigenvalue weighted by Gasteiger charge is -2.44. The first-order valence-electron chi connectivity index (χ1n) is 6.10. The molecule has 0 spiro atoms. The molecule has 0 amide bonds. The topological polar surface area (TPSA) is 47.6 Å². The molecule has 4 heteroatoms. The van der Waals surface area contributed by atoms with Crippen molar-refractivity contribution in [3.05, 3.63) is 24.3 Å². The zero-order valence-electron chi connectivity index (χ0n) is 11.0. The van der Waals surface area contributed by atoms with Crippen molar-refractivity contribution in [1.82, 2.24) is 0 Å². The van der Waals surface area contributed by atoms with Gasteiger partial charge in [0, 0.05) is 5.69 Å². The van der Waals surface area contributed by atoms with Gasteiger partial charge >= 0.3 is 5.97 Å². The number of ether oxygens (including phenoxy) is 2. The Morgan fingerprint density at radius 1 is 1.28 bits per heavy atom. The number of carbonyl (C=O) groups is 1. The van der Waals surface area contributed by atoms with Crippen molar-refractivity contribution in [2.75, 3.05) is 19.5 Å². The van der Waals surface area contributed by atoms with Gasteiger partial charge < -0.3 is 14.8 Å². The Balaban J connectivity index is 2.11. The second-order valence-electron chi connectivity index (χ2n) is 4.94. The van der Waals surface area contributed by atoms with Gasteiger partial charge in [0.15, 0.2) is 0 Å². The van der Waals surface area contributed by atoms with Crippen LogP contribution in [0.3, 0.4) is 0 Å². The van der Waals surface area contributed by atoms with Gasteiger partial charge in [-0.05, 0) is 43.0 Å². The summed E-state index contributed by atoms with van der Waals surface area (Å²) >= 11 is 0. The zero-order chi connectivity index (χ0) is 13.2. The summed E-state index contributed by atoms with van der Waals surface area (Å²) in [6.07, 6.45) is 1.62. The summed E-state index contributed by atoms with van der Waals surface area (Å²) in [5.41, 5.74) is 0.357. The molecule has 1 aliphatic carbocycles. The smallest absolute Gasteiger partial charge is 0.331 e. The molecule has 1 aromatic carbocycles. The summed E-state index contributed by atoms with van der Waals surface area (Å²) < 4.78 is 10.0. The maximum atomic E-state index is 11.9. The number of carbonyl (C=O) groups excluding carboxylic acids is 1. The Morgan fingerprint density at radius 3 is 2.33 bits per heavy atom. The lowest BCUT2D eigenvalue weighted by atomic mass is 9.69. The Morgan fingerprint density at radius 2 is 1.89 bits per heavy atom. The van der Waals surface area contributed by atoms with Crippen molar-refractivity contribution in [3.63, 3.8) is 0 Å². The van der Waals surface area contributed by atoms with E-state index in [2.05, 4.69) is 12.2 Å². The van der Waals surface area contributed by atoms with Gasteiger partial charge in [-0.15, -0.1) is 0 Å². The number of anilines is 1. The summed E-state index contributed by atoms with van der Waals surface area (Å²) in [5, 5.41) is 3.29. The van der Waals surface area contributed by atoms with Gasteiger partial charge in [0.2, 0.25) is 0 Å². The summed E-state index contributed by atoms with van der Waals surface area (Å²) in [6, 6.07) is 7.56. The molecule has 0 aromatic heterocycles. The molecule has 0 aliphatic heterocycles. The fourth-order valence-electron chi connectivity index (χ4n) is 2.60. The Bertz CT molecular complexity index is 421. The van der Waals surface area contributed by atoms with Crippen molar-refractivity contribution in [1.29, 1.82) is 0 Å². The minimum absolute atomic E-state index is 0.184. The quantitative estimate of drug-likeness (QED) is 0.833. The molecule has 98 valence electrons. The minimum atomic E-state index is -0.553. The van der Waals surface area contributed by atoms with E-state index in [0.29, 0.717) is 5.92 Å². The van der Waals surface area contributed by atoms with Crippen molar-refractivity contribution < 1.29 is 14.3 Å². The molecule has 18 heavy (non-hydrogen) atoms. The van der Waals surface area contributed by atoms with E-state index in [1.807, 2.05) is 24.3 Å². The molecule has 0 radical (unpaired) electrons.